The highest BCUT2D eigenvalue weighted by molar-refractivity contribution is 14.1. The Morgan fingerprint density at radius 3 is 2.22 bits per heavy atom. The van der Waals surface area contributed by atoms with Crippen molar-refractivity contribution in [1.82, 2.24) is 0 Å². The van der Waals surface area contributed by atoms with Crippen LogP contribution < -0.4 is 5.43 Å². The Balaban J connectivity index is 1.84. The molecule has 3 aromatic carbocycles. The average molecular weight is 471 g/mol. The van der Waals surface area contributed by atoms with Gasteiger partial charge in [-0.3, -0.25) is 15.5 Å². The normalized spacial score (nSPS) is 11.5. The summed E-state index contributed by atoms with van der Waals surface area (Å²) < 4.78 is 1.13. The van der Waals surface area contributed by atoms with Crippen LogP contribution in [0.3, 0.4) is 0 Å². The zero-order valence-electron chi connectivity index (χ0n) is 14.0. The third-order valence-corrected chi connectivity index (χ3v) is 4.21. The van der Waals surface area contributed by atoms with Crippen molar-refractivity contribution < 1.29 is 4.92 Å². The Labute approximate surface area is 169 Å². The first-order chi connectivity index (χ1) is 13.1. The molecule has 0 saturated carbocycles. The van der Waals surface area contributed by atoms with Gasteiger partial charge in [-0.2, -0.15) is 5.10 Å². The van der Waals surface area contributed by atoms with Crippen molar-refractivity contribution in [1.29, 1.82) is 0 Å². The maximum absolute atomic E-state index is 10.7. The van der Waals surface area contributed by atoms with E-state index in [1.807, 2.05) is 54.6 Å². The van der Waals surface area contributed by atoms with Crippen molar-refractivity contribution in [3.05, 3.63) is 98.1 Å². The summed E-state index contributed by atoms with van der Waals surface area (Å²) in [7, 11) is 0. The smallest absolute Gasteiger partial charge is 0.269 e. The van der Waals surface area contributed by atoms with Gasteiger partial charge in [-0.05, 0) is 59.0 Å². The van der Waals surface area contributed by atoms with Crippen LogP contribution in [0.25, 0.3) is 0 Å². The van der Waals surface area contributed by atoms with Crippen LogP contribution in [0.2, 0.25) is 0 Å². The van der Waals surface area contributed by atoms with E-state index >= 15 is 0 Å². The molecule has 0 bridgehead atoms. The minimum atomic E-state index is -0.456. The predicted octanol–water partition coefficient (Wildman–Crippen LogP) is 5.76. The van der Waals surface area contributed by atoms with Gasteiger partial charge in [0.25, 0.3) is 5.69 Å². The number of amidine groups is 1. The Morgan fingerprint density at radius 1 is 0.926 bits per heavy atom. The maximum Gasteiger partial charge on any atom is 0.269 e. The first-order valence-corrected chi connectivity index (χ1v) is 9.00. The van der Waals surface area contributed by atoms with E-state index < -0.39 is 4.92 Å². The third-order valence-electron chi connectivity index (χ3n) is 3.49. The molecule has 0 aliphatic rings. The Hall–Kier alpha value is -3.14. The molecular weight excluding hydrogens is 457 g/mol. The lowest BCUT2D eigenvalue weighted by Gasteiger charge is -2.03. The van der Waals surface area contributed by atoms with Crippen LogP contribution in [-0.2, 0) is 0 Å². The van der Waals surface area contributed by atoms with Gasteiger partial charge in [0.05, 0.1) is 16.3 Å². The minimum absolute atomic E-state index is 0.00581. The zero-order valence-corrected chi connectivity index (χ0v) is 16.1. The van der Waals surface area contributed by atoms with Crippen molar-refractivity contribution in [3.8, 4) is 0 Å². The number of halogens is 1. The van der Waals surface area contributed by atoms with E-state index in [-0.39, 0.29) is 5.69 Å². The first kappa shape index (κ1) is 18.6. The first-order valence-electron chi connectivity index (χ1n) is 7.93. The van der Waals surface area contributed by atoms with Gasteiger partial charge in [-0.25, -0.2) is 0 Å². The second-order valence-corrected chi connectivity index (χ2v) is 6.64. The van der Waals surface area contributed by atoms with E-state index in [9.17, 15) is 10.1 Å². The molecule has 1 N–H and O–H groups in total. The van der Waals surface area contributed by atoms with Crippen LogP contribution >= 0.6 is 22.6 Å². The Morgan fingerprint density at radius 2 is 1.59 bits per heavy atom. The van der Waals surface area contributed by atoms with Crippen molar-refractivity contribution >= 4 is 45.5 Å². The fourth-order valence-corrected chi connectivity index (χ4v) is 2.48. The van der Waals surface area contributed by atoms with Crippen LogP contribution in [0.15, 0.2) is 94.2 Å². The van der Waals surface area contributed by atoms with E-state index in [0.29, 0.717) is 11.5 Å². The van der Waals surface area contributed by atoms with Gasteiger partial charge in [0.15, 0.2) is 0 Å². The number of nitro groups is 1. The SMILES string of the molecule is O=[N+]([O-])c1ccc(N=N/C(=N/Nc2ccc(I)cc2)c2ccccc2)cc1. The molecule has 7 nitrogen and oxygen atoms in total. The molecule has 134 valence electrons. The lowest BCUT2D eigenvalue weighted by Crippen LogP contribution is -2.01. The summed E-state index contributed by atoms with van der Waals surface area (Å²) in [4.78, 5) is 10.3. The summed E-state index contributed by atoms with van der Waals surface area (Å²) in [5, 5.41) is 23.4. The molecular formula is C19H14IN5O2. The molecule has 0 atom stereocenters. The number of rotatable bonds is 5. The molecule has 0 fully saturated rings. The summed E-state index contributed by atoms with van der Waals surface area (Å²) >= 11 is 2.23. The van der Waals surface area contributed by atoms with E-state index in [2.05, 4.69) is 43.3 Å². The van der Waals surface area contributed by atoms with Gasteiger partial charge >= 0.3 is 0 Å². The van der Waals surface area contributed by atoms with Crippen molar-refractivity contribution in [3.63, 3.8) is 0 Å². The molecule has 0 spiro atoms. The lowest BCUT2D eigenvalue weighted by molar-refractivity contribution is -0.384. The van der Waals surface area contributed by atoms with Crippen LogP contribution in [-0.4, -0.2) is 10.8 Å². The van der Waals surface area contributed by atoms with Crippen molar-refractivity contribution in [2.45, 2.75) is 0 Å². The number of hydrogen-bond donors (Lipinski definition) is 1. The second-order valence-electron chi connectivity index (χ2n) is 5.39. The third kappa shape index (κ3) is 5.42. The molecule has 0 saturated heterocycles. The van der Waals surface area contributed by atoms with Crippen LogP contribution in [0, 0.1) is 13.7 Å². The van der Waals surface area contributed by atoms with Crippen LogP contribution in [0.1, 0.15) is 5.56 Å². The summed E-state index contributed by atoms with van der Waals surface area (Å²) in [5.74, 6) is 0.396. The molecule has 0 amide bonds. The Bertz CT molecular complexity index is 971. The summed E-state index contributed by atoms with van der Waals surface area (Å²) in [5.41, 5.74) is 5.10. The topological polar surface area (TPSA) is 92.2 Å². The van der Waals surface area contributed by atoms with Crippen molar-refractivity contribution in [2.24, 2.45) is 15.3 Å². The summed E-state index contributed by atoms with van der Waals surface area (Å²) in [6.45, 7) is 0. The molecule has 0 aliphatic carbocycles. The second kappa shape index (κ2) is 8.99. The van der Waals surface area contributed by atoms with Gasteiger partial charge < -0.3 is 0 Å². The average Bonchev–Trinajstić information content (AvgIpc) is 2.70. The number of benzene rings is 3. The predicted molar refractivity (Wildman–Crippen MR) is 113 cm³/mol. The van der Waals surface area contributed by atoms with Crippen molar-refractivity contribution in [2.75, 3.05) is 5.43 Å². The number of hydrogen-bond acceptors (Lipinski definition) is 5. The molecule has 0 aliphatic heterocycles. The van der Waals surface area contributed by atoms with Gasteiger partial charge in [0.2, 0.25) is 5.84 Å². The van der Waals surface area contributed by atoms with Gasteiger partial charge in [0, 0.05) is 21.3 Å². The largest absolute Gasteiger partial charge is 0.276 e. The lowest BCUT2D eigenvalue weighted by atomic mass is 10.2. The zero-order chi connectivity index (χ0) is 19.1. The molecule has 0 heterocycles. The number of nitrogens with zero attached hydrogens (tertiary/aromatic N) is 4. The summed E-state index contributed by atoms with van der Waals surface area (Å²) in [6, 6.07) is 23.1. The summed E-state index contributed by atoms with van der Waals surface area (Å²) in [6.07, 6.45) is 0. The number of azo groups is 1. The standard InChI is InChI=1S/C19H14IN5O2/c20-15-6-8-16(9-7-15)21-23-19(14-4-2-1-3-5-14)24-22-17-10-12-18(13-11-17)25(26)27/h1-13,21H/b23-19+,24-22?. The van der Waals surface area contributed by atoms with Gasteiger partial charge in [-0.15, -0.1) is 10.2 Å². The molecule has 0 aromatic heterocycles. The van der Waals surface area contributed by atoms with E-state index in [1.54, 1.807) is 0 Å². The molecule has 0 radical (unpaired) electrons. The van der Waals surface area contributed by atoms with Crippen LogP contribution in [0.4, 0.5) is 17.1 Å². The molecule has 8 heteroatoms. The molecule has 27 heavy (non-hydrogen) atoms. The van der Waals surface area contributed by atoms with Gasteiger partial charge in [0.1, 0.15) is 0 Å². The fraction of sp³-hybridized carbons (Fsp3) is 0. The van der Waals surface area contributed by atoms with Crippen LogP contribution in [0.5, 0.6) is 0 Å². The number of non-ortho nitro benzene ring substituents is 1. The number of anilines is 1. The highest BCUT2D eigenvalue weighted by Crippen LogP contribution is 2.19. The number of hydrazone groups is 1. The monoisotopic (exact) mass is 471 g/mol. The van der Waals surface area contributed by atoms with E-state index in [4.69, 9.17) is 0 Å². The highest BCUT2D eigenvalue weighted by atomic mass is 127. The van der Waals surface area contributed by atoms with Gasteiger partial charge in [-0.1, -0.05) is 30.3 Å². The maximum atomic E-state index is 10.7. The fourth-order valence-electron chi connectivity index (χ4n) is 2.12. The van der Waals surface area contributed by atoms with E-state index in [0.717, 1.165) is 14.8 Å². The highest BCUT2D eigenvalue weighted by Gasteiger charge is 2.05. The molecule has 3 aromatic rings. The minimum Gasteiger partial charge on any atom is -0.276 e. The number of nitrogens with one attached hydrogen (secondary N) is 1. The number of nitro benzene ring substituents is 1. The van der Waals surface area contributed by atoms with E-state index in [1.165, 1.54) is 24.3 Å². The quantitative estimate of drug-likeness (QED) is 0.128. The molecule has 0 unspecified atom stereocenters. The molecule has 3 rings (SSSR count). The Kier molecular flexibility index (Phi) is 6.21.